The molecule has 1 aromatic carbocycles. The Morgan fingerprint density at radius 1 is 0.819 bits per heavy atom. The van der Waals surface area contributed by atoms with Crippen molar-refractivity contribution < 1.29 is 71.9 Å². The van der Waals surface area contributed by atoms with Gasteiger partial charge in [-0.25, -0.2) is 9.59 Å². The van der Waals surface area contributed by atoms with Gasteiger partial charge in [0.2, 0.25) is 35.4 Å². The van der Waals surface area contributed by atoms with Crippen molar-refractivity contribution in [2.75, 3.05) is 81.4 Å². The average molecular weight is 1180 g/mol. The van der Waals surface area contributed by atoms with E-state index in [0.717, 1.165) is 5.56 Å². The van der Waals surface area contributed by atoms with Crippen LogP contribution in [0, 0.1) is 23.2 Å². The van der Waals surface area contributed by atoms with Crippen LogP contribution in [0.2, 0.25) is 0 Å². The highest BCUT2D eigenvalue weighted by molar-refractivity contribution is 5.89. The molecule has 23 nitrogen and oxygen atoms in total. The molecule has 0 bridgehead atoms. The molecule has 0 aromatic heterocycles. The van der Waals surface area contributed by atoms with Gasteiger partial charge < -0.3 is 69.9 Å². The standard InChI is InChI=1S/C60H104N8O15/c1-18-39(4)52(67(15)49(72)35-63-56(75)51(38(2)3)66(13)14)46(78-16)33-48(71)68-30-22-26-45(68)53(79-17)40(5)54(73)65-44(32-42-24-20-19-21-25-42)55(74)61-28-23-31-80-57(76)41(6)64-47(70)27-29-62-58(77)81-37-50(83-60(10,11)12)82-43(36-69)34-59(7,8)9/h19-21,24-25,38-41,43-46,50-53,69H,18,22-23,26-37H2,1-17H3,(H,61,74)(H,62,77)(H,63,75)(H,64,70)(H,65,73)/t39-,40+,41-,43?,44-,45-,46+,50?,51?,52?,53+/m0/s1. The van der Waals surface area contributed by atoms with Gasteiger partial charge in [0, 0.05) is 53.7 Å². The molecule has 83 heavy (non-hydrogen) atoms. The van der Waals surface area contributed by atoms with Crippen molar-refractivity contribution in [3.05, 3.63) is 35.9 Å². The molecule has 0 saturated carbocycles. The van der Waals surface area contributed by atoms with Gasteiger partial charge in [-0.3, -0.25) is 33.7 Å². The van der Waals surface area contributed by atoms with Crippen molar-refractivity contribution in [2.24, 2.45) is 23.2 Å². The summed E-state index contributed by atoms with van der Waals surface area (Å²) in [6.07, 6.45) is -1.12. The lowest BCUT2D eigenvalue weighted by atomic mass is 9.89. The van der Waals surface area contributed by atoms with Crippen molar-refractivity contribution in [2.45, 2.75) is 195 Å². The van der Waals surface area contributed by atoms with Crippen molar-refractivity contribution in [1.29, 1.82) is 0 Å². The van der Waals surface area contributed by atoms with E-state index in [9.17, 15) is 43.5 Å². The Morgan fingerprint density at radius 2 is 1.48 bits per heavy atom. The Labute approximate surface area is 494 Å². The zero-order chi connectivity index (χ0) is 62.8. The Morgan fingerprint density at radius 3 is 2.05 bits per heavy atom. The van der Waals surface area contributed by atoms with Crippen molar-refractivity contribution in [1.82, 2.24) is 41.3 Å². The molecule has 1 heterocycles. The van der Waals surface area contributed by atoms with E-state index in [1.165, 1.54) is 21.1 Å². The maximum atomic E-state index is 14.4. The summed E-state index contributed by atoms with van der Waals surface area (Å²) < 4.78 is 34.5. The number of likely N-dealkylation sites (tertiary alicyclic amines) is 1. The van der Waals surface area contributed by atoms with E-state index < -0.39 is 96.1 Å². The Kier molecular flexibility index (Phi) is 32.3. The third-order valence-corrected chi connectivity index (χ3v) is 14.5. The normalized spacial score (nSPS) is 17.4. The van der Waals surface area contributed by atoms with Crippen LogP contribution in [0.15, 0.2) is 30.3 Å². The van der Waals surface area contributed by atoms with Crippen LogP contribution in [-0.4, -0.2) is 209 Å². The van der Waals surface area contributed by atoms with Gasteiger partial charge >= 0.3 is 12.1 Å². The Bertz CT molecular complexity index is 2160. The number of ether oxygens (including phenoxy) is 6. The van der Waals surface area contributed by atoms with E-state index in [1.807, 2.05) is 119 Å². The molecule has 1 aliphatic rings. The molecule has 1 fully saturated rings. The summed E-state index contributed by atoms with van der Waals surface area (Å²) in [7, 11) is 8.31. The van der Waals surface area contributed by atoms with Crippen LogP contribution >= 0.6 is 0 Å². The molecule has 11 atom stereocenters. The number of hydrogen-bond donors (Lipinski definition) is 6. The fraction of sp³-hybridized carbons (Fsp3) is 0.767. The minimum absolute atomic E-state index is 0.0228. The summed E-state index contributed by atoms with van der Waals surface area (Å²) in [5.74, 6) is -3.80. The third kappa shape index (κ3) is 26.6. The number of likely N-dealkylation sites (N-methyl/N-ethyl adjacent to an activating group) is 2. The zero-order valence-corrected chi connectivity index (χ0v) is 52.9. The first kappa shape index (κ1) is 73.6. The number of alkyl carbamates (subject to hydrolysis) is 1. The highest BCUT2D eigenvalue weighted by Gasteiger charge is 2.43. The lowest BCUT2D eigenvalue weighted by Crippen LogP contribution is -2.55. The number of carbonyl (C=O) groups excluding carboxylic acids is 8. The number of esters is 1. The van der Waals surface area contributed by atoms with Crippen LogP contribution in [0.4, 0.5) is 4.79 Å². The first-order chi connectivity index (χ1) is 38.9. The molecule has 1 saturated heterocycles. The van der Waals surface area contributed by atoms with Crippen molar-refractivity contribution in [3.8, 4) is 0 Å². The second kappa shape index (κ2) is 36.4. The first-order valence-corrected chi connectivity index (χ1v) is 29.4. The minimum Gasteiger partial charge on any atom is -0.464 e. The maximum Gasteiger partial charge on any atom is 0.407 e. The highest BCUT2D eigenvalue weighted by atomic mass is 16.7. The van der Waals surface area contributed by atoms with E-state index in [-0.39, 0.29) is 100 Å². The van der Waals surface area contributed by atoms with Crippen LogP contribution in [0.25, 0.3) is 0 Å². The molecule has 6 N–H and O–H groups in total. The van der Waals surface area contributed by atoms with Gasteiger partial charge in [-0.1, -0.05) is 92.1 Å². The molecule has 7 amide bonds. The van der Waals surface area contributed by atoms with Crippen LogP contribution in [0.5, 0.6) is 0 Å². The van der Waals surface area contributed by atoms with Gasteiger partial charge in [-0.05, 0) is 90.3 Å². The lowest BCUT2D eigenvalue weighted by Gasteiger charge is -2.39. The van der Waals surface area contributed by atoms with E-state index in [4.69, 9.17) is 28.4 Å². The van der Waals surface area contributed by atoms with E-state index >= 15 is 0 Å². The fourth-order valence-corrected chi connectivity index (χ4v) is 10.3. The molecule has 0 spiro atoms. The molecule has 1 aliphatic heterocycles. The predicted octanol–water partition coefficient (Wildman–Crippen LogP) is 3.96. The third-order valence-electron chi connectivity index (χ3n) is 14.5. The van der Waals surface area contributed by atoms with Crippen LogP contribution in [-0.2, 0) is 68.4 Å². The zero-order valence-electron chi connectivity index (χ0n) is 52.9. The number of rotatable bonds is 36. The number of aliphatic hydroxyl groups is 1. The molecule has 1 aromatic rings. The number of carbonyl (C=O) groups is 8. The SMILES string of the molecule is CC[C@H](C)C([C@@H](CC(=O)N1CCC[C@H]1[C@H](OC)[C@@H](C)C(=O)N[C@@H](Cc1ccccc1)C(=O)NCCCOC(=O)[C@H](C)NC(=O)CCNC(=O)OCC(OC(CO)CC(C)(C)C)OC(C)(C)C)OC)N(C)C(=O)CNC(=O)C(C(C)C)N(C)C. The summed E-state index contributed by atoms with van der Waals surface area (Å²) >= 11 is 0. The maximum absolute atomic E-state index is 14.4. The van der Waals surface area contributed by atoms with Gasteiger partial charge in [0.1, 0.15) is 18.7 Å². The number of methoxy groups -OCH3 is 2. The summed E-state index contributed by atoms with van der Waals surface area (Å²) in [5.41, 5.74) is 0.0290. The molecular formula is C60H104N8O15. The summed E-state index contributed by atoms with van der Waals surface area (Å²) in [6, 6.07) is 5.78. The number of aliphatic hydroxyl groups excluding tert-OH is 1. The summed E-state index contributed by atoms with van der Waals surface area (Å²) in [6.45, 7) is 22.2. The second-order valence-electron chi connectivity index (χ2n) is 24.5. The number of benzene rings is 1. The number of amides is 7. The van der Waals surface area contributed by atoms with E-state index in [2.05, 4.69) is 26.6 Å². The second-order valence-corrected chi connectivity index (χ2v) is 24.5. The summed E-state index contributed by atoms with van der Waals surface area (Å²) in [4.78, 5) is 112. The lowest BCUT2D eigenvalue weighted by molar-refractivity contribution is -0.236. The Balaban J connectivity index is 2.00. The van der Waals surface area contributed by atoms with Crippen LogP contribution in [0.3, 0.4) is 0 Å². The topological polar surface area (TPSA) is 282 Å². The molecule has 4 unspecified atom stereocenters. The summed E-state index contributed by atoms with van der Waals surface area (Å²) in [5, 5.41) is 23.5. The monoisotopic (exact) mass is 1180 g/mol. The molecule has 0 radical (unpaired) electrons. The van der Waals surface area contributed by atoms with Crippen LogP contribution in [0.1, 0.15) is 134 Å². The Hall–Kier alpha value is -5.46. The number of hydrogen-bond acceptors (Lipinski definition) is 16. The molecule has 0 aliphatic carbocycles. The predicted molar refractivity (Wildman–Crippen MR) is 314 cm³/mol. The minimum atomic E-state index is -1.02. The first-order valence-electron chi connectivity index (χ1n) is 29.4. The average Bonchev–Trinajstić information content (AvgIpc) is 3.92. The van der Waals surface area contributed by atoms with Gasteiger partial charge in [0.15, 0.2) is 6.29 Å². The van der Waals surface area contributed by atoms with Gasteiger partial charge in [-0.15, -0.1) is 0 Å². The van der Waals surface area contributed by atoms with Crippen molar-refractivity contribution >= 4 is 47.5 Å². The number of nitrogens with one attached hydrogen (secondary N) is 5. The van der Waals surface area contributed by atoms with Crippen molar-refractivity contribution in [3.63, 3.8) is 0 Å². The largest absolute Gasteiger partial charge is 0.464 e. The molecule has 474 valence electrons. The van der Waals surface area contributed by atoms with Gasteiger partial charge in [0.05, 0.1) is 74.1 Å². The fourth-order valence-electron chi connectivity index (χ4n) is 10.3. The highest BCUT2D eigenvalue weighted by Crippen LogP contribution is 2.30. The van der Waals surface area contributed by atoms with Gasteiger partial charge in [-0.2, -0.15) is 0 Å². The van der Waals surface area contributed by atoms with Gasteiger partial charge in [0.25, 0.3) is 0 Å². The van der Waals surface area contributed by atoms with E-state index in [0.29, 0.717) is 32.2 Å². The quantitative estimate of drug-likeness (QED) is 0.0315. The number of nitrogens with zero attached hydrogens (tertiary/aromatic N) is 3. The van der Waals surface area contributed by atoms with Crippen LogP contribution < -0.4 is 26.6 Å². The van der Waals surface area contributed by atoms with E-state index in [1.54, 1.807) is 23.8 Å². The molecule has 2 rings (SSSR count). The molecular weight excluding hydrogens is 1070 g/mol. The smallest absolute Gasteiger partial charge is 0.407 e. The molecule has 23 heteroatoms.